The van der Waals surface area contributed by atoms with Crippen molar-refractivity contribution in [2.45, 2.75) is 13.3 Å². The molecule has 0 saturated carbocycles. The minimum Gasteiger partial charge on any atom is -0.492 e. The fourth-order valence-corrected chi connectivity index (χ4v) is 3.35. The lowest BCUT2D eigenvalue weighted by atomic mass is 9.88. The number of benzene rings is 3. The molecule has 0 unspecified atom stereocenters. The minimum atomic E-state index is 0. The Morgan fingerprint density at radius 1 is 0.700 bits per heavy atom. The molecule has 0 fully saturated rings. The molecule has 0 heterocycles. The molecule has 0 aliphatic heterocycles. The maximum Gasteiger partial charge on any atom is 0.119 e. The molecule has 0 bridgehead atoms. The van der Waals surface area contributed by atoms with E-state index in [0.717, 1.165) is 18.7 Å². The second-order valence-corrected chi connectivity index (χ2v) is 7.12. The summed E-state index contributed by atoms with van der Waals surface area (Å²) in [7, 11) is 4.11. The van der Waals surface area contributed by atoms with Gasteiger partial charge in [-0.1, -0.05) is 79.7 Å². The summed E-state index contributed by atoms with van der Waals surface area (Å²) in [6.07, 6.45) is 0.968. The van der Waals surface area contributed by atoms with Gasteiger partial charge in [-0.05, 0) is 60.5 Å². The number of nitrogens with zero attached hydrogens (tertiary/aromatic N) is 1. The highest BCUT2D eigenvalue weighted by molar-refractivity contribution is 5.98. The summed E-state index contributed by atoms with van der Waals surface area (Å²) in [6.45, 7) is 3.83. The second-order valence-electron chi connectivity index (χ2n) is 7.12. The minimum absolute atomic E-state index is 0. The Labute approximate surface area is 193 Å². The van der Waals surface area contributed by atoms with E-state index in [0.29, 0.717) is 6.61 Å². The topological polar surface area (TPSA) is 12.5 Å². The predicted molar refractivity (Wildman–Crippen MR) is 134 cm³/mol. The zero-order valence-electron chi connectivity index (χ0n) is 17.9. The monoisotopic (exact) mass is 443 g/mol. The van der Waals surface area contributed by atoms with Crippen LogP contribution in [0, 0.1) is 0 Å². The zero-order valence-corrected chi connectivity index (χ0v) is 19.5. The van der Waals surface area contributed by atoms with E-state index in [1.165, 1.54) is 27.8 Å². The van der Waals surface area contributed by atoms with Gasteiger partial charge in [-0.2, -0.15) is 0 Å². The SMILES string of the molecule is CC/C(=C(\c1ccccc1)c1ccc(OCCN(C)C)cc1)c1ccccc1.Cl.Cl. The van der Waals surface area contributed by atoms with E-state index in [2.05, 4.69) is 111 Å². The van der Waals surface area contributed by atoms with Crippen molar-refractivity contribution in [3.05, 3.63) is 102 Å². The van der Waals surface area contributed by atoms with E-state index < -0.39 is 0 Å². The number of halogens is 2. The molecule has 0 aliphatic rings. The third-order valence-electron chi connectivity index (χ3n) is 4.79. The first-order chi connectivity index (χ1) is 13.7. The highest BCUT2D eigenvalue weighted by atomic mass is 35.5. The van der Waals surface area contributed by atoms with Crippen LogP contribution in [0.25, 0.3) is 11.1 Å². The molecular formula is C26H31Cl2NO. The fourth-order valence-electron chi connectivity index (χ4n) is 3.35. The first-order valence-electron chi connectivity index (χ1n) is 9.91. The Hall–Kier alpha value is -2.26. The average Bonchev–Trinajstić information content (AvgIpc) is 2.73. The summed E-state index contributed by atoms with van der Waals surface area (Å²) in [5.74, 6) is 0.913. The molecule has 2 nitrogen and oxygen atoms in total. The van der Waals surface area contributed by atoms with Gasteiger partial charge in [-0.15, -0.1) is 24.8 Å². The zero-order chi connectivity index (χ0) is 19.8. The molecule has 3 rings (SSSR count). The molecule has 0 saturated heterocycles. The molecule has 0 radical (unpaired) electrons. The van der Waals surface area contributed by atoms with Crippen LogP contribution in [0.4, 0.5) is 0 Å². The van der Waals surface area contributed by atoms with E-state index in [-0.39, 0.29) is 24.8 Å². The molecule has 3 aromatic carbocycles. The molecule has 0 spiro atoms. The molecule has 0 aromatic heterocycles. The van der Waals surface area contributed by atoms with Gasteiger partial charge in [0.2, 0.25) is 0 Å². The van der Waals surface area contributed by atoms with Crippen LogP contribution < -0.4 is 4.74 Å². The lowest BCUT2D eigenvalue weighted by molar-refractivity contribution is 0.261. The summed E-state index contributed by atoms with van der Waals surface area (Å²) in [4.78, 5) is 2.12. The van der Waals surface area contributed by atoms with Crippen LogP contribution in [0.3, 0.4) is 0 Å². The molecular weight excluding hydrogens is 413 g/mol. The Bertz CT molecular complexity index is 891. The summed E-state index contributed by atoms with van der Waals surface area (Å²) in [5, 5.41) is 0. The maximum atomic E-state index is 5.87. The third-order valence-corrected chi connectivity index (χ3v) is 4.79. The van der Waals surface area contributed by atoms with Gasteiger partial charge in [-0.3, -0.25) is 0 Å². The van der Waals surface area contributed by atoms with Crippen molar-refractivity contribution in [2.75, 3.05) is 27.2 Å². The van der Waals surface area contributed by atoms with E-state index in [4.69, 9.17) is 4.74 Å². The molecule has 4 heteroatoms. The molecule has 0 atom stereocenters. The molecule has 30 heavy (non-hydrogen) atoms. The molecule has 0 amide bonds. The molecule has 0 N–H and O–H groups in total. The van der Waals surface area contributed by atoms with Gasteiger partial charge in [0.1, 0.15) is 12.4 Å². The van der Waals surface area contributed by atoms with Crippen LogP contribution in [-0.2, 0) is 0 Å². The van der Waals surface area contributed by atoms with Crippen LogP contribution in [0.5, 0.6) is 5.75 Å². The Morgan fingerprint density at radius 2 is 1.20 bits per heavy atom. The van der Waals surface area contributed by atoms with Crippen LogP contribution in [0.1, 0.15) is 30.0 Å². The van der Waals surface area contributed by atoms with Crippen molar-refractivity contribution < 1.29 is 4.74 Å². The van der Waals surface area contributed by atoms with Crippen molar-refractivity contribution in [2.24, 2.45) is 0 Å². The van der Waals surface area contributed by atoms with Crippen molar-refractivity contribution in [3.8, 4) is 5.75 Å². The number of hydrogen-bond donors (Lipinski definition) is 0. The van der Waals surface area contributed by atoms with Crippen molar-refractivity contribution in [1.29, 1.82) is 0 Å². The van der Waals surface area contributed by atoms with Crippen molar-refractivity contribution >= 4 is 36.0 Å². The fraction of sp³-hybridized carbons (Fsp3) is 0.231. The van der Waals surface area contributed by atoms with Crippen LogP contribution in [0.2, 0.25) is 0 Å². The van der Waals surface area contributed by atoms with E-state index >= 15 is 0 Å². The van der Waals surface area contributed by atoms with Crippen LogP contribution in [-0.4, -0.2) is 32.1 Å². The Morgan fingerprint density at radius 3 is 1.70 bits per heavy atom. The molecule has 3 aromatic rings. The average molecular weight is 444 g/mol. The lowest BCUT2D eigenvalue weighted by Crippen LogP contribution is -2.19. The first kappa shape index (κ1) is 25.8. The van der Waals surface area contributed by atoms with E-state index in [1.54, 1.807) is 0 Å². The molecule has 0 aliphatic carbocycles. The normalized spacial score (nSPS) is 11.2. The summed E-state index contributed by atoms with van der Waals surface area (Å²) >= 11 is 0. The van der Waals surface area contributed by atoms with Gasteiger partial charge in [0.25, 0.3) is 0 Å². The van der Waals surface area contributed by atoms with Gasteiger partial charge in [0.15, 0.2) is 0 Å². The largest absolute Gasteiger partial charge is 0.492 e. The summed E-state index contributed by atoms with van der Waals surface area (Å²) < 4.78 is 5.87. The highest BCUT2D eigenvalue weighted by Crippen LogP contribution is 2.34. The lowest BCUT2D eigenvalue weighted by Gasteiger charge is -2.17. The van der Waals surface area contributed by atoms with Crippen molar-refractivity contribution in [1.82, 2.24) is 4.90 Å². The van der Waals surface area contributed by atoms with Gasteiger partial charge in [-0.25, -0.2) is 0 Å². The summed E-state index contributed by atoms with van der Waals surface area (Å²) in [5.41, 5.74) is 6.37. The predicted octanol–water partition coefficient (Wildman–Crippen LogP) is 6.84. The second kappa shape index (κ2) is 13.1. The van der Waals surface area contributed by atoms with Gasteiger partial charge >= 0.3 is 0 Å². The first-order valence-corrected chi connectivity index (χ1v) is 9.91. The number of allylic oxidation sites excluding steroid dienone is 1. The van der Waals surface area contributed by atoms with Gasteiger partial charge < -0.3 is 9.64 Å². The maximum absolute atomic E-state index is 5.87. The van der Waals surface area contributed by atoms with E-state index in [9.17, 15) is 0 Å². The molecule has 160 valence electrons. The van der Waals surface area contributed by atoms with Crippen LogP contribution >= 0.6 is 24.8 Å². The third kappa shape index (κ3) is 6.91. The smallest absolute Gasteiger partial charge is 0.119 e. The standard InChI is InChI=1S/C26H29NO.2ClH/c1-4-25(21-11-7-5-8-12-21)26(22-13-9-6-10-14-22)23-15-17-24(18-16-23)28-20-19-27(2)3;;/h5-18H,4,19-20H2,1-3H3;2*1H/b26-25-;;. The Balaban J connectivity index is 0.00000225. The van der Waals surface area contributed by atoms with Gasteiger partial charge in [0.05, 0.1) is 0 Å². The number of hydrogen-bond acceptors (Lipinski definition) is 2. The summed E-state index contributed by atoms with van der Waals surface area (Å²) in [6, 6.07) is 29.8. The van der Waals surface area contributed by atoms with Crippen LogP contribution in [0.15, 0.2) is 84.9 Å². The van der Waals surface area contributed by atoms with E-state index in [1.807, 2.05) is 0 Å². The van der Waals surface area contributed by atoms with Crippen molar-refractivity contribution in [3.63, 3.8) is 0 Å². The number of likely N-dealkylation sites (N-methyl/N-ethyl adjacent to an activating group) is 1. The number of rotatable bonds is 8. The quantitative estimate of drug-likeness (QED) is 0.353. The Kier molecular flexibility index (Phi) is 11.3. The van der Waals surface area contributed by atoms with Gasteiger partial charge in [0, 0.05) is 6.54 Å². The number of ether oxygens (including phenoxy) is 1. The highest BCUT2D eigenvalue weighted by Gasteiger charge is 2.12.